The van der Waals surface area contributed by atoms with Crippen molar-refractivity contribution in [2.24, 2.45) is 5.10 Å². The molecule has 0 fully saturated rings. The summed E-state index contributed by atoms with van der Waals surface area (Å²) in [6.45, 7) is 0.537. The minimum Gasteiger partial charge on any atom is -0.315 e. The first-order valence-electron chi connectivity index (χ1n) is 10.4. The molecule has 7 rings (SSSR count). The Balaban J connectivity index is 1.54. The lowest BCUT2D eigenvalue weighted by atomic mass is 9.91. The Bertz CT molecular complexity index is 1400. The number of rotatable bonds is 1. The molecular weight excluding hydrogens is 470 g/mol. The van der Waals surface area contributed by atoms with Crippen molar-refractivity contribution in [2.75, 3.05) is 16.5 Å². The highest BCUT2D eigenvalue weighted by molar-refractivity contribution is 9.10. The van der Waals surface area contributed by atoms with Gasteiger partial charge in [0, 0.05) is 21.9 Å². The summed E-state index contributed by atoms with van der Waals surface area (Å²) < 4.78 is 3.10. The average molecular weight is 486 g/mol. The number of para-hydroxylation sites is 1. The Morgan fingerprint density at radius 2 is 1.75 bits per heavy atom. The summed E-state index contributed by atoms with van der Waals surface area (Å²) in [5.41, 5.74) is 8.47. The molecule has 2 aromatic carbocycles. The van der Waals surface area contributed by atoms with Gasteiger partial charge in [0.1, 0.15) is 12.5 Å². The number of nitrogens with one attached hydrogen (secondary N) is 1. The fourth-order valence-electron chi connectivity index (χ4n) is 5.25. The van der Waals surface area contributed by atoms with Gasteiger partial charge in [-0.05, 0) is 46.6 Å². The van der Waals surface area contributed by atoms with E-state index in [4.69, 9.17) is 0 Å². The third kappa shape index (κ3) is 2.12. The molecule has 1 unspecified atom stereocenters. The van der Waals surface area contributed by atoms with Crippen LogP contribution in [0.15, 0.2) is 64.3 Å². The molecule has 3 aliphatic heterocycles. The van der Waals surface area contributed by atoms with Crippen LogP contribution in [0.3, 0.4) is 0 Å². The van der Waals surface area contributed by atoms with E-state index < -0.39 is 0 Å². The highest BCUT2D eigenvalue weighted by Gasteiger charge is 2.42. The van der Waals surface area contributed by atoms with Crippen molar-refractivity contribution >= 4 is 51.0 Å². The van der Waals surface area contributed by atoms with Gasteiger partial charge in [0.2, 0.25) is 0 Å². The zero-order valence-electron chi connectivity index (χ0n) is 16.7. The first-order valence-corrected chi connectivity index (χ1v) is 11.2. The van der Waals surface area contributed by atoms with Crippen LogP contribution in [0.2, 0.25) is 0 Å². The highest BCUT2D eigenvalue weighted by Crippen LogP contribution is 2.48. The van der Waals surface area contributed by atoms with Crippen LogP contribution in [0.5, 0.6) is 0 Å². The molecule has 0 spiro atoms. The molecule has 1 aromatic heterocycles. The van der Waals surface area contributed by atoms with E-state index in [0.717, 1.165) is 39.4 Å². The third-order valence-electron chi connectivity index (χ3n) is 6.59. The van der Waals surface area contributed by atoms with Crippen LogP contribution in [-0.2, 0) is 0 Å². The standard InChI is InChI=1S/C24H16BrN5O2/c25-17-11-28-20-15(17)7-3-8-16(20)22-27-26-12-29(22)18-9-4-10-19(21(18)28)30-23(31)13-5-1-2-6-14(13)24(30)32/h1-7,9-11,16,26H,8,12H2. The van der Waals surface area contributed by atoms with E-state index >= 15 is 0 Å². The van der Waals surface area contributed by atoms with Gasteiger partial charge in [0.15, 0.2) is 0 Å². The number of amides is 2. The normalized spacial score (nSPS) is 19.8. The lowest BCUT2D eigenvalue weighted by Gasteiger charge is -2.25. The number of nitrogens with zero attached hydrogens (tertiary/aromatic N) is 4. The Morgan fingerprint density at radius 3 is 2.53 bits per heavy atom. The molecule has 1 aliphatic carbocycles. The molecule has 1 atom stereocenters. The van der Waals surface area contributed by atoms with E-state index in [1.165, 1.54) is 4.90 Å². The number of hydrazone groups is 1. The predicted molar refractivity (Wildman–Crippen MR) is 125 cm³/mol. The molecule has 7 nitrogen and oxygen atoms in total. The maximum Gasteiger partial charge on any atom is 0.266 e. The minimum absolute atomic E-state index is 0.0683. The Hall–Kier alpha value is -3.65. The van der Waals surface area contributed by atoms with Gasteiger partial charge in [-0.15, -0.1) is 0 Å². The van der Waals surface area contributed by atoms with E-state index in [2.05, 4.69) is 48.1 Å². The number of carbonyl (C=O) groups is 2. The fraction of sp³-hybridized carbons (Fsp3) is 0.125. The molecule has 0 saturated carbocycles. The van der Waals surface area contributed by atoms with Gasteiger partial charge in [0.25, 0.3) is 11.8 Å². The topological polar surface area (TPSA) is 69.9 Å². The molecule has 4 aliphatic rings. The van der Waals surface area contributed by atoms with Crippen molar-refractivity contribution < 1.29 is 9.59 Å². The van der Waals surface area contributed by atoms with Crippen LogP contribution in [0, 0.1) is 0 Å². The SMILES string of the molecule is O=C1c2ccccc2C(=O)N1c1cccc2c1-n1cc(Br)c3c1C(CC=C3)C1=NNCN12. The second-order valence-corrected chi connectivity index (χ2v) is 9.04. The largest absolute Gasteiger partial charge is 0.315 e. The second-order valence-electron chi connectivity index (χ2n) is 8.19. The van der Waals surface area contributed by atoms with Gasteiger partial charge >= 0.3 is 0 Å². The first-order chi connectivity index (χ1) is 15.6. The van der Waals surface area contributed by atoms with Crippen LogP contribution in [0.1, 0.15) is 44.3 Å². The van der Waals surface area contributed by atoms with Crippen LogP contribution in [0.4, 0.5) is 11.4 Å². The summed E-state index contributed by atoms with van der Waals surface area (Å²) in [5.74, 6) is 0.417. The summed E-state index contributed by atoms with van der Waals surface area (Å²) in [5, 5.41) is 4.62. The number of halogens is 1. The Morgan fingerprint density at radius 1 is 1.00 bits per heavy atom. The summed E-state index contributed by atoms with van der Waals surface area (Å²) in [4.78, 5) is 30.2. The Labute approximate surface area is 191 Å². The quantitative estimate of drug-likeness (QED) is 0.523. The third-order valence-corrected chi connectivity index (χ3v) is 7.22. The molecule has 0 bridgehead atoms. The van der Waals surface area contributed by atoms with Gasteiger partial charge in [0.05, 0.1) is 34.1 Å². The van der Waals surface area contributed by atoms with Gasteiger partial charge in [-0.2, -0.15) is 5.10 Å². The van der Waals surface area contributed by atoms with Crippen LogP contribution < -0.4 is 15.2 Å². The second kappa shape index (κ2) is 6.20. The number of allylic oxidation sites excluding steroid dienone is 1. The number of amidine groups is 1. The first kappa shape index (κ1) is 18.0. The predicted octanol–water partition coefficient (Wildman–Crippen LogP) is 4.24. The van der Waals surface area contributed by atoms with Gasteiger partial charge in [-0.25, -0.2) is 4.90 Å². The highest BCUT2D eigenvalue weighted by atomic mass is 79.9. The molecule has 8 heteroatoms. The van der Waals surface area contributed by atoms with Crippen LogP contribution >= 0.6 is 15.9 Å². The van der Waals surface area contributed by atoms with Crippen molar-refractivity contribution in [1.82, 2.24) is 9.99 Å². The monoisotopic (exact) mass is 485 g/mol. The molecule has 3 aromatic rings. The molecule has 156 valence electrons. The van der Waals surface area contributed by atoms with Gasteiger partial charge in [-0.3, -0.25) is 15.0 Å². The van der Waals surface area contributed by atoms with Gasteiger partial charge < -0.3 is 9.47 Å². The summed E-state index contributed by atoms with van der Waals surface area (Å²) in [6, 6.07) is 12.8. The number of benzene rings is 2. The van der Waals surface area contributed by atoms with Crippen molar-refractivity contribution in [3.63, 3.8) is 0 Å². The zero-order valence-corrected chi connectivity index (χ0v) is 18.3. The molecule has 32 heavy (non-hydrogen) atoms. The number of imide groups is 1. The van der Waals surface area contributed by atoms with E-state index in [1.807, 2.05) is 24.4 Å². The van der Waals surface area contributed by atoms with Crippen LogP contribution in [0.25, 0.3) is 11.8 Å². The van der Waals surface area contributed by atoms with Crippen LogP contribution in [-0.4, -0.2) is 28.9 Å². The molecule has 0 saturated heterocycles. The maximum atomic E-state index is 13.3. The minimum atomic E-state index is -0.298. The Kier molecular flexibility index (Phi) is 3.48. The summed E-state index contributed by atoms with van der Waals surface area (Å²) >= 11 is 3.72. The smallest absolute Gasteiger partial charge is 0.266 e. The number of aromatic nitrogens is 1. The van der Waals surface area contributed by atoms with Crippen molar-refractivity contribution in [3.05, 3.63) is 81.6 Å². The van der Waals surface area contributed by atoms with E-state index in [-0.39, 0.29) is 17.7 Å². The number of carbonyl (C=O) groups excluding carboxylic acids is 2. The fourth-order valence-corrected chi connectivity index (χ4v) is 5.79. The van der Waals surface area contributed by atoms with E-state index in [1.54, 1.807) is 24.3 Å². The maximum absolute atomic E-state index is 13.3. The number of fused-ring (bicyclic) bond motifs is 6. The van der Waals surface area contributed by atoms with Crippen molar-refractivity contribution in [2.45, 2.75) is 12.3 Å². The summed E-state index contributed by atoms with van der Waals surface area (Å²) in [6.07, 6.45) is 7.15. The molecule has 0 radical (unpaired) electrons. The molecule has 2 amide bonds. The number of hydrogen-bond donors (Lipinski definition) is 1. The molecule has 1 N–H and O–H groups in total. The average Bonchev–Trinajstić information content (AvgIpc) is 3.47. The number of hydrogen-bond acceptors (Lipinski definition) is 5. The molecule has 4 heterocycles. The zero-order chi connectivity index (χ0) is 21.6. The summed E-state index contributed by atoms with van der Waals surface area (Å²) in [7, 11) is 0. The van der Waals surface area contributed by atoms with E-state index in [9.17, 15) is 9.59 Å². The van der Waals surface area contributed by atoms with Crippen molar-refractivity contribution in [1.29, 1.82) is 0 Å². The van der Waals surface area contributed by atoms with Gasteiger partial charge in [-0.1, -0.05) is 30.4 Å². The lowest BCUT2D eigenvalue weighted by Crippen LogP contribution is -2.33. The van der Waals surface area contributed by atoms with Crippen molar-refractivity contribution in [3.8, 4) is 5.69 Å². The van der Waals surface area contributed by atoms with E-state index in [0.29, 0.717) is 23.5 Å². The number of anilines is 2. The lowest BCUT2D eigenvalue weighted by molar-refractivity contribution is 0.0926. The molecular formula is C24H16BrN5O2.